The van der Waals surface area contributed by atoms with Crippen LogP contribution in [0.15, 0.2) is 36.7 Å². The zero-order chi connectivity index (χ0) is 13.9. The van der Waals surface area contributed by atoms with Gasteiger partial charge in [0.05, 0.1) is 23.5 Å². The van der Waals surface area contributed by atoms with Crippen molar-refractivity contribution in [2.24, 2.45) is 5.41 Å². The molecule has 6 heteroatoms. The number of hydrogen-bond donors (Lipinski definition) is 1. The van der Waals surface area contributed by atoms with E-state index in [1.165, 1.54) is 0 Å². The fraction of sp³-hybridized carbons (Fsp3) is 0.308. The smallest absolute Gasteiger partial charge is 0.312 e. The summed E-state index contributed by atoms with van der Waals surface area (Å²) in [5.74, 6) is -0.259. The minimum absolute atomic E-state index is 0.116. The number of aromatic nitrogens is 3. The monoisotopic (exact) mass is 261 g/mol. The van der Waals surface area contributed by atoms with Gasteiger partial charge in [-0.3, -0.25) is 4.79 Å². The predicted molar refractivity (Wildman–Crippen MR) is 68.3 cm³/mol. The Labute approximate surface area is 110 Å². The highest BCUT2D eigenvalue weighted by Crippen LogP contribution is 2.20. The summed E-state index contributed by atoms with van der Waals surface area (Å²) in [6.07, 6.45) is 3.34. The third-order valence-electron chi connectivity index (χ3n) is 2.70. The highest BCUT2D eigenvalue weighted by molar-refractivity contribution is 5.73. The molecule has 1 aromatic carbocycles. The van der Waals surface area contributed by atoms with E-state index < -0.39 is 11.4 Å². The van der Waals surface area contributed by atoms with Crippen LogP contribution in [0.4, 0.5) is 0 Å². The van der Waals surface area contributed by atoms with Gasteiger partial charge in [-0.15, -0.1) is 5.10 Å². The third-order valence-corrected chi connectivity index (χ3v) is 2.70. The number of rotatable bonds is 5. The Morgan fingerprint density at radius 3 is 2.58 bits per heavy atom. The molecule has 0 bridgehead atoms. The number of carboxylic acid groups (broad SMARTS) is 1. The number of benzene rings is 1. The molecule has 2 aromatic rings. The summed E-state index contributed by atoms with van der Waals surface area (Å²) >= 11 is 0. The van der Waals surface area contributed by atoms with Crippen LogP contribution in [0.5, 0.6) is 5.75 Å². The molecule has 100 valence electrons. The Kier molecular flexibility index (Phi) is 3.50. The summed E-state index contributed by atoms with van der Waals surface area (Å²) in [5, 5.41) is 16.6. The number of nitrogens with zero attached hydrogens (tertiary/aromatic N) is 3. The summed E-state index contributed by atoms with van der Waals surface area (Å²) in [7, 11) is 0. The van der Waals surface area contributed by atoms with Crippen molar-refractivity contribution in [1.82, 2.24) is 15.0 Å². The maximum Gasteiger partial charge on any atom is 0.312 e. The molecule has 1 heterocycles. The topological polar surface area (TPSA) is 77.2 Å². The van der Waals surface area contributed by atoms with Crippen molar-refractivity contribution in [2.75, 3.05) is 6.61 Å². The fourth-order valence-corrected chi connectivity index (χ4v) is 1.37. The van der Waals surface area contributed by atoms with Crippen LogP contribution >= 0.6 is 0 Å². The zero-order valence-electron chi connectivity index (χ0n) is 10.8. The highest BCUT2D eigenvalue weighted by atomic mass is 16.5. The number of carbonyl (C=O) groups is 1. The first-order valence-corrected chi connectivity index (χ1v) is 5.82. The van der Waals surface area contributed by atoms with E-state index in [4.69, 9.17) is 9.84 Å². The normalized spacial score (nSPS) is 11.3. The van der Waals surface area contributed by atoms with Crippen molar-refractivity contribution < 1.29 is 14.6 Å². The molecule has 0 aliphatic heterocycles. The Hall–Kier alpha value is -2.37. The van der Waals surface area contributed by atoms with Crippen molar-refractivity contribution in [2.45, 2.75) is 13.8 Å². The van der Waals surface area contributed by atoms with Gasteiger partial charge in [0.1, 0.15) is 12.4 Å². The van der Waals surface area contributed by atoms with Crippen molar-refractivity contribution >= 4 is 5.97 Å². The van der Waals surface area contributed by atoms with E-state index in [9.17, 15) is 4.79 Å². The van der Waals surface area contributed by atoms with Crippen molar-refractivity contribution in [3.8, 4) is 11.4 Å². The third kappa shape index (κ3) is 3.09. The molecule has 0 saturated heterocycles. The van der Waals surface area contributed by atoms with Crippen LogP contribution in [0.1, 0.15) is 13.8 Å². The van der Waals surface area contributed by atoms with Crippen LogP contribution in [0.2, 0.25) is 0 Å². The molecule has 0 radical (unpaired) electrons. The van der Waals surface area contributed by atoms with Gasteiger partial charge in [0, 0.05) is 0 Å². The van der Waals surface area contributed by atoms with E-state index in [0.29, 0.717) is 5.75 Å². The number of hydrogen-bond acceptors (Lipinski definition) is 4. The fourth-order valence-electron chi connectivity index (χ4n) is 1.37. The molecule has 1 N–H and O–H groups in total. The maximum absolute atomic E-state index is 11.0. The van der Waals surface area contributed by atoms with Gasteiger partial charge in [-0.2, -0.15) is 0 Å². The van der Waals surface area contributed by atoms with Gasteiger partial charge in [-0.1, -0.05) is 5.21 Å². The van der Waals surface area contributed by atoms with Crippen LogP contribution in [-0.4, -0.2) is 32.7 Å². The standard InChI is InChI=1S/C13H15N3O3/c1-13(2,12(17)18)9-19-11-5-3-10(4-6-11)16-8-7-14-15-16/h3-8H,9H2,1-2H3,(H,17,18). The minimum Gasteiger partial charge on any atom is -0.492 e. The van der Waals surface area contributed by atoms with Gasteiger partial charge in [-0.25, -0.2) is 4.68 Å². The molecule has 6 nitrogen and oxygen atoms in total. The second-order valence-electron chi connectivity index (χ2n) is 4.82. The lowest BCUT2D eigenvalue weighted by molar-refractivity contribution is -0.148. The largest absolute Gasteiger partial charge is 0.492 e. The maximum atomic E-state index is 11.0. The van der Waals surface area contributed by atoms with Gasteiger partial charge in [0.15, 0.2) is 0 Å². The SMILES string of the molecule is CC(C)(COc1ccc(-n2ccnn2)cc1)C(=O)O. The summed E-state index contributed by atoms with van der Waals surface area (Å²) < 4.78 is 7.11. The van der Waals surface area contributed by atoms with E-state index in [-0.39, 0.29) is 6.61 Å². The van der Waals surface area contributed by atoms with E-state index >= 15 is 0 Å². The van der Waals surface area contributed by atoms with Crippen LogP contribution in [0.3, 0.4) is 0 Å². The first kappa shape index (κ1) is 13.1. The molecular formula is C13H15N3O3. The highest BCUT2D eigenvalue weighted by Gasteiger charge is 2.28. The average molecular weight is 261 g/mol. The average Bonchev–Trinajstić information content (AvgIpc) is 2.91. The second-order valence-corrected chi connectivity index (χ2v) is 4.82. The molecule has 2 rings (SSSR count). The van der Waals surface area contributed by atoms with Gasteiger partial charge in [0.2, 0.25) is 0 Å². The zero-order valence-corrected chi connectivity index (χ0v) is 10.8. The summed E-state index contributed by atoms with van der Waals surface area (Å²) in [5.41, 5.74) is -0.0488. The molecule has 0 amide bonds. The molecule has 0 aliphatic carbocycles. The van der Waals surface area contributed by atoms with Gasteiger partial charge < -0.3 is 9.84 Å². The van der Waals surface area contributed by atoms with Crippen LogP contribution in [0.25, 0.3) is 5.69 Å². The van der Waals surface area contributed by atoms with Gasteiger partial charge >= 0.3 is 5.97 Å². The lowest BCUT2D eigenvalue weighted by Gasteiger charge is -2.19. The number of carboxylic acids is 1. The van der Waals surface area contributed by atoms with E-state index in [1.54, 1.807) is 43.1 Å². The minimum atomic E-state index is -0.912. The lowest BCUT2D eigenvalue weighted by Crippen LogP contribution is -2.30. The Morgan fingerprint density at radius 2 is 2.05 bits per heavy atom. The Balaban J connectivity index is 2.02. The van der Waals surface area contributed by atoms with Crippen molar-refractivity contribution in [3.63, 3.8) is 0 Å². The quantitative estimate of drug-likeness (QED) is 0.887. The Bertz CT molecular complexity index is 547. The van der Waals surface area contributed by atoms with E-state index in [1.807, 2.05) is 12.1 Å². The van der Waals surface area contributed by atoms with Gasteiger partial charge in [-0.05, 0) is 38.1 Å². The first-order valence-electron chi connectivity index (χ1n) is 5.82. The molecular weight excluding hydrogens is 246 g/mol. The van der Waals surface area contributed by atoms with Crippen molar-refractivity contribution in [3.05, 3.63) is 36.7 Å². The lowest BCUT2D eigenvalue weighted by atomic mass is 9.95. The molecule has 0 unspecified atom stereocenters. The van der Waals surface area contributed by atoms with E-state index in [0.717, 1.165) is 5.69 Å². The van der Waals surface area contributed by atoms with Crippen molar-refractivity contribution in [1.29, 1.82) is 0 Å². The molecule has 0 aliphatic rings. The molecule has 0 saturated carbocycles. The van der Waals surface area contributed by atoms with Gasteiger partial charge in [0.25, 0.3) is 0 Å². The van der Waals surface area contributed by atoms with Crippen LogP contribution in [-0.2, 0) is 4.79 Å². The summed E-state index contributed by atoms with van der Waals surface area (Å²) in [6.45, 7) is 3.36. The van der Waals surface area contributed by atoms with Crippen LogP contribution < -0.4 is 4.74 Å². The summed E-state index contributed by atoms with van der Waals surface area (Å²) in [4.78, 5) is 11.0. The molecule has 0 fully saturated rings. The summed E-state index contributed by atoms with van der Waals surface area (Å²) in [6, 6.07) is 7.21. The van der Waals surface area contributed by atoms with Crippen LogP contribution in [0, 0.1) is 5.41 Å². The molecule has 1 aromatic heterocycles. The molecule has 0 spiro atoms. The van der Waals surface area contributed by atoms with E-state index in [2.05, 4.69) is 10.3 Å². The molecule has 0 atom stereocenters. The number of ether oxygens (including phenoxy) is 1. The first-order chi connectivity index (χ1) is 8.99. The molecule has 19 heavy (non-hydrogen) atoms. The predicted octanol–water partition coefficient (Wildman–Crippen LogP) is 1.76. The second kappa shape index (κ2) is 5.09. The Morgan fingerprint density at radius 1 is 1.37 bits per heavy atom. The number of aliphatic carboxylic acids is 1.